The number of carbonyl (C=O) groups excluding carboxylic acids is 1. The van der Waals surface area contributed by atoms with Crippen molar-refractivity contribution >= 4 is 17.9 Å². The highest BCUT2D eigenvalue weighted by Crippen LogP contribution is 2.24. The zero-order valence-electron chi connectivity index (χ0n) is 16.4. The molecule has 1 fully saturated rings. The van der Waals surface area contributed by atoms with Crippen LogP contribution in [0.3, 0.4) is 0 Å². The van der Waals surface area contributed by atoms with Crippen LogP contribution in [0.4, 0.5) is 4.79 Å². The first kappa shape index (κ1) is 21.6. The van der Waals surface area contributed by atoms with Gasteiger partial charge >= 0.3 is 6.09 Å². The third-order valence-electron chi connectivity index (χ3n) is 4.40. The predicted molar refractivity (Wildman–Crippen MR) is 105 cm³/mol. The Bertz CT molecular complexity index is 358. The van der Waals surface area contributed by atoms with Crippen LogP contribution in [0.5, 0.6) is 0 Å². The summed E-state index contributed by atoms with van der Waals surface area (Å²) in [7, 11) is 0. The Kier molecular flexibility index (Phi) is 10.1. The lowest BCUT2D eigenvalue weighted by atomic mass is 10.1. The molecule has 1 rings (SSSR count). The summed E-state index contributed by atoms with van der Waals surface area (Å²) >= 11 is 1.94. The number of hydrogen-bond acceptors (Lipinski definition) is 4. The van der Waals surface area contributed by atoms with E-state index in [-0.39, 0.29) is 6.09 Å². The maximum atomic E-state index is 12.3. The highest BCUT2D eigenvalue weighted by molar-refractivity contribution is 7.98. The van der Waals surface area contributed by atoms with Crippen LogP contribution in [0.15, 0.2) is 0 Å². The summed E-state index contributed by atoms with van der Waals surface area (Å²) in [6.07, 6.45) is 10.5. The van der Waals surface area contributed by atoms with E-state index in [0.29, 0.717) is 12.1 Å². The molecule has 0 spiro atoms. The molecule has 1 aliphatic heterocycles. The highest BCUT2D eigenvalue weighted by Gasteiger charge is 2.32. The maximum absolute atomic E-state index is 12.3. The number of likely N-dealkylation sites (tertiary alicyclic amines) is 1. The average Bonchev–Trinajstić information content (AvgIpc) is 2.92. The van der Waals surface area contributed by atoms with Crippen LogP contribution in [-0.2, 0) is 4.74 Å². The first-order chi connectivity index (χ1) is 11.3. The first-order valence-corrected chi connectivity index (χ1v) is 10.9. The number of carbonyl (C=O) groups is 1. The molecule has 0 aromatic rings. The van der Waals surface area contributed by atoms with Crippen molar-refractivity contribution in [1.82, 2.24) is 10.2 Å². The summed E-state index contributed by atoms with van der Waals surface area (Å²) in [5, 5.41) is 3.62. The number of ether oxygens (including phenoxy) is 1. The molecule has 1 amide bonds. The molecule has 142 valence electrons. The zero-order chi connectivity index (χ0) is 18.0. The van der Waals surface area contributed by atoms with Crippen molar-refractivity contribution in [2.75, 3.05) is 25.1 Å². The topological polar surface area (TPSA) is 41.6 Å². The van der Waals surface area contributed by atoms with Gasteiger partial charge in [-0.15, -0.1) is 0 Å². The second-order valence-electron chi connectivity index (χ2n) is 7.97. The molecule has 2 atom stereocenters. The molecule has 1 heterocycles. The summed E-state index contributed by atoms with van der Waals surface area (Å²) < 4.78 is 5.54. The molecule has 1 aliphatic rings. The number of rotatable bonds is 10. The Hall–Kier alpha value is -0.420. The molecule has 0 radical (unpaired) electrons. The van der Waals surface area contributed by atoms with Crippen LogP contribution >= 0.6 is 11.8 Å². The molecular weight excluding hydrogens is 320 g/mol. The minimum atomic E-state index is -0.412. The van der Waals surface area contributed by atoms with Crippen LogP contribution in [-0.4, -0.2) is 53.8 Å². The van der Waals surface area contributed by atoms with Crippen molar-refractivity contribution in [3.63, 3.8) is 0 Å². The molecule has 1 N–H and O–H groups in total. The Morgan fingerprint density at radius 1 is 1.29 bits per heavy atom. The molecule has 5 heteroatoms. The second-order valence-corrected chi connectivity index (χ2v) is 8.95. The van der Waals surface area contributed by atoms with Crippen LogP contribution in [0.1, 0.15) is 72.6 Å². The van der Waals surface area contributed by atoms with E-state index in [1.165, 1.54) is 31.4 Å². The lowest BCUT2D eigenvalue weighted by Gasteiger charge is -2.30. The third kappa shape index (κ3) is 9.16. The van der Waals surface area contributed by atoms with E-state index in [9.17, 15) is 4.79 Å². The third-order valence-corrected chi connectivity index (χ3v) is 5.10. The number of thioether (sulfide) groups is 1. The zero-order valence-corrected chi connectivity index (χ0v) is 17.2. The molecule has 0 aromatic carbocycles. The molecule has 2 unspecified atom stereocenters. The minimum Gasteiger partial charge on any atom is -0.444 e. The first-order valence-electron chi connectivity index (χ1n) is 9.55. The SMILES string of the molecule is CSCCCCCCNC(C)CC1CCCN1C(=O)OC(C)(C)C. The van der Waals surface area contributed by atoms with Crippen LogP contribution < -0.4 is 5.32 Å². The van der Waals surface area contributed by atoms with Crippen molar-refractivity contribution in [3.8, 4) is 0 Å². The van der Waals surface area contributed by atoms with Crippen molar-refractivity contribution in [2.24, 2.45) is 0 Å². The minimum absolute atomic E-state index is 0.147. The Labute approximate surface area is 153 Å². The largest absolute Gasteiger partial charge is 0.444 e. The Morgan fingerprint density at radius 3 is 2.67 bits per heavy atom. The second kappa shape index (κ2) is 11.2. The summed E-state index contributed by atoms with van der Waals surface area (Å²) in [6, 6.07) is 0.771. The summed E-state index contributed by atoms with van der Waals surface area (Å²) in [5.41, 5.74) is -0.412. The van der Waals surface area contributed by atoms with E-state index < -0.39 is 5.60 Å². The number of hydrogen-bond donors (Lipinski definition) is 1. The van der Waals surface area contributed by atoms with Crippen LogP contribution in [0, 0.1) is 0 Å². The van der Waals surface area contributed by atoms with Gasteiger partial charge in [-0.25, -0.2) is 4.79 Å². The quantitative estimate of drug-likeness (QED) is 0.576. The van der Waals surface area contributed by atoms with Gasteiger partial charge in [0.25, 0.3) is 0 Å². The lowest BCUT2D eigenvalue weighted by molar-refractivity contribution is 0.0214. The monoisotopic (exact) mass is 358 g/mol. The Morgan fingerprint density at radius 2 is 2.00 bits per heavy atom. The summed E-state index contributed by atoms with van der Waals surface area (Å²) in [6.45, 7) is 9.94. The fraction of sp³-hybridized carbons (Fsp3) is 0.947. The molecule has 24 heavy (non-hydrogen) atoms. The van der Waals surface area contributed by atoms with Gasteiger partial charge in [0.2, 0.25) is 0 Å². The maximum Gasteiger partial charge on any atom is 0.410 e. The van der Waals surface area contributed by atoms with Crippen LogP contribution in [0.2, 0.25) is 0 Å². The van der Waals surface area contributed by atoms with E-state index in [1.54, 1.807) is 0 Å². The number of amides is 1. The molecule has 0 aromatic heterocycles. The van der Waals surface area contributed by atoms with Gasteiger partial charge in [-0.2, -0.15) is 11.8 Å². The fourth-order valence-corrected chi connectivity index (χ4v) is 3.70. The smallest absolute Gasteiger partial charge is 0.410 e. The van der Waals surface area contributed by atoms with Crippen molar-refractivity contribution in [3.05, 3.63) is 0 Å². The van der Waals surface area contributed by atoms with Gasteiger partial charge in [0.1, 0.15) is 5.60 Å². The van der Waals surface area contributed by atoms with E-state index in [0.717, 1.165) is 32.4 Å². The van der Waals surface area contributed by atoms with Gasteiger partial charge in [-0.05, 0) is 78.4 Å². The van der Waals surface area contributed by atoms with Crippen molar-refractivity contribution in [2.45, 2.75) is 90.3 Å². The van der Waals surface area contributed by atoms with Gasteiger partial charge in [-0.1, -0.05) is 12.8 Å². The van der Waals surface area contributed by atoms with Crippen LogP contribution in [0.25, 0.3) is 0 Å². The summed E-state index contributed by atoms with van der Waals surface area (Å²) in [4.78, 5) is 14.3. The molecule has 1 saturated heterocycles. The predicted octanol–water partition coefficient (Wildman–Crippen LogP) is 4.68. The molecule has 4 nitrogen and oxygen atoms in total. The van der Waals surface area contributed by atoms with E-state index in [2.05, 4.69) is 18.5 Å². The Balaban J connectivity index is 2.22. The standard InChI is InChI=1S/C19H38N2O2S/c1-16(20-12-8-6-7-9-14-24-5)15-17-11-10-13-21(17)18(22)23-19(2,3)4/h16-17,20H,6-15H2,1-5H3. The number of nitrogens with zero attached hydrogens (tertiary/aromatic N) is 1. The van der Waals surface area contributed by atoms with Gasteiger partial charge in [0, 0.05) is 18.6 Å². The average molecular weight is 359 g/mol. The van der Waals surface area contributed by atoms with E-state index >= 15 is 0 Å². The van der Waals surface area contributed by atoms with Gasteiger partial charge in [-0.3, -0.25) is 0 Å². The number of nitrogens with one attached hydrogen (secondary N) is 1. The van der Waals surface area contributed by atoms with Crippen molar-refractivity contribution in [1.29, 1.82) is 0 Å². The van der Waals surface area contributed by atoms with Gasteiger partial charge in [0.15, 0.2) is 0 Å². The molecule has 0 bridgehead atoms. The van der Waals surface area contributed by atoms with E-state index in [4.69, 9.17) is 4.74 Å². The molecular formula is C19H38N2O2S. The molecule has 0 saturated carbocycles. The lowest BCUT2D eigenvalue weighted by Crippen LogP contribution is -2.42. The summed E-state index contributed by atoms with van der Waals surface area (Å²) in [5.74, 6) is 1.28. The highest BCUT2D eigenvalue weighted by atomic mass is 32.2. The van der Waals surface area contributed by atoms with Gasteiger partial charge < -0.3 is 15.0 Å². The normalized spacial score (nSPS) is 19.5. The van der Waals surface area contributed by atoms with Gasteiger partial charge in [0.05, 0.1) is 0 Å². The van der Waals surface area contributed by atoms with E-state index in [1.807, 2.05) is 37.4 Å². The molecule has 0 aliphatic carbocycles. The number of unbranched alkanes of at least 4 members (excludes halogenated alkanes) is 3. The van der Waals surface area contributed by atoms with Crippen molar-refractivity contribution < 1.29 is 9.53 Å². The fourth-order valence-electron chi connectivity index (χ4n) is 3.21.